The maximum atomic E-state index is 12.8. The highest BCUT2D eigenvalue weighted by molar-refractivity contribution is 6.30. The van der Waals surface area contributed by atoms with Crippen LogP contribution in [0, 0.1) is 5.92 Å². The lowest BCUT2D eigenvalue weighted by molar-refractivity contribution is -0.140. The normalized spacial score (nSPS) is 20.7. The zero-order valence-corrected chi connectivity index (χ0v) is 17.6. The summed E-state index contributed by atoms with van der Waals surface area (Å²) in [4.78, 5) is 41.2. The summed E-state index contributed by atoms with van der Waals surface area (Å²) in [6.45, 7) is 2.19. The van der Waals surface area contributed by atoms with E-state index < -0.39 is 0 Å². The first-order chi connectivity index (χ1) is 14.5. The molecular weight excluding hydrogens is 400 g/mol. The van der Waals surface area contributed by atoms with Crippen molar-refractivity contribution < 1.29 is 14.4 Å². The standard InChI is InChI=1S/C24H25ClN2O3/c25-19-8-6-18(7-9-19)22(28)10-11-23(29)26-12-14-27(15-13-26)24(30)21-16-20(21)17-4-2-1-3-5-17/h1-9,20-21H,10-16H2. The summed E-state index contributed by atoms with van der Waals surface area (Å²) in [6, 6.07) is 16.9. The SMILES string of the molecule is O=C(CCC(=O)N1CCN(C(=O)C2CC2c2ccccc2)CC1)c1ccc(Cl)cc1. The van der Waals surface area contributed by atoms with Gasteiger partial charge in [0.2, 0.25) is 11.8 Å². The van der Waals surface area contributed by atoms with E-state index in [0.29, 0.717) is 42.7 Å². The summed E-state index contributed by atoms with van der Waals surface area (Å²) in [5.41, 5.74) is 1.80. The van der Waals surface area contributed by atoms with Crippen molar-refractivity contribution in [2.75, 3.05) is 26.2 Å². The van der Waals surface area contributed by atoms with Gasteiger partial charge in [-0.15, -0.1) is 0 Å². The summed E-state index contributed by atoms with van der Waals surface area (Å²) in [5, 5.41) is 0.580. The summed E-state index contributed by atoms with van der Waals surface area (Å²) in [5.74, 6) is 0.519. The van der Waals surface area contributed by atoms with Crippen LogP contribution in [-0.4, -0.2) is 53.6 Å². The van der Waals surface area contributed by atoms with Crippen molar-refractivity contribution in [3.8, 4) is 0 Å². The number of hydrogen-bond acceptors (Lipinski definition) is 3. The second-order valence-electron chi connectivity index (χ2n) is 8.00. The van der Waals surface area contributed by atoms with E-state index in [-0.39, 0.29) is 36.4 Å². The molecule has 30 heavy (non-hydrogen) atoms. The van der Waals surface area contributed by atoms with E-state index >= 15 is 0 Å². The molecule has 1 aliphatic heterocycles. The summed E-state index contributed by atoms with van der Waals surface area (Å²) < 4.78 is 0. The van der Waals surface area contributed by atoms with Gasteiger partial charge in [0.1, 0.15) is 0 Å². The van der Waals surface area contributed by atoms with Gasteiger partial charge >= 0.3 is 0 Å². The van der Waals surface area contributed by atoms with Crippen LogP contribution in [0.2, 0.25) is 5.02 Å². The number of amides is 2. The molecule has 2 fully saturated rings. The highest BCUT2D eigenvalue weighted by Gasteiger charge is 2.46. The smallest absolute Gasteiger partial charge is 0.226 e. The molecule has 0 bridgehead atoms. The topological polar surface area (TPSA) is 57.7 Å². The predicted octanol–water partition coefficient (Wildman–Crippen LogP) is 3.78. The molecule has 0 radical (unpaired) electrons. The first-order valence-corrected chi connectivity index (χ1v) is 10.8. The van der Waals surface area contributed by atoms with Crippen molar-refractivity contribution in [1.29, 1.82) is 0 Å². The minimum Gasteiger partial charge on any atom is -0.339 e. The van der Waals surface area contributed by atoms with Gasteiger partial charge in [0.15, 0.2) is 5.78 Å². The van der Waals surface area contributed by atoms with Gasteiger partial charge in [-0.05, 0) is 42.2 Å². The fourth-order valence-electron chi connectivity index (χ4n) is 4.11. The quantitative estimate of drug-likeness (QED) is 0.663. The lowest BCUT2D eigenvalue weighted by atomic mass is 10.1. The van der Waals surface area contributed by atoms with Crippen LogP contribution in [0.25, 0.3) is 0 Å². The lowest BCUT2D eigenvalue weighted by Gasteiger charge is -2.35. The number of rotatable bonds is 6. The van der Waals surface area contributed by atoms with Crippen LogP contribution in [0.4, 0.5) is 0 Å². The molecule has 4 rings (SSSR count). The molecule has 0 aromatic heterocycles. The minimum absolute atomic E-state index is 0.0296. The Morgan fingerprint density at radius 2 is 1.47 bits per heavy atom. The minimum atomic E-state index is -0.0606. The molecular formula is C24H25ClN2O3. The van der Waals surface area contributed by atoms with Crippen molar-refractivity contribution in [3.05, 3.63) is 70.7 Å². The average molecular weight is 425 g/mol. The molecule has 2 aromatic rings. The monoisotopic (exact) mass is 424 g/mol. The second kappa shape index (κ2) is 9.00. The number of halogens is 1. The lowest BCUT2D eigenvalue weighted by Crippen LogP contribution is -2.51. The Labute approximate surface area is 181 Å². The highest BCUT2D eigenvalue weighted by atomic mass is 35.5. The van der Waals surface area contributed by atoms with Crippen LogP contribution in [-0.2, 0) is 9.59 Å². The third kappa shape index (κ3) is 4.73. The molecule has 0 N–H and O–H groups in total. The molecule has 1 aliphatic carbocycles. The van der Waals surface area contributed by atoms with E-state index in [4.69, 9.17) is 11.6 Å². The van der Waals surface area contributed by atoms with Gasteiger partial charge in [0, 0.05) is 55.5 Å². The summed E-state index contributed by atoms with van der Waals surface area (Å²) in [6.07, 6.45) is 1.28. The highest BCUT2D eigenvalue weighted by Crippen LogP contribution is 2.48. The van der Waals surface area contributed by atoms with Crippen LogP contribution < -0.4 is 0 Å². The molecule has 2 unspecified atom stereocenters. The second-order valence-corrected chi connectivity index (χ2v) is 8.43. The van der Waals surface area contributed by atoms with Gasteiger partial charge < -0.3 is 9.80 Å². The van der Waals surface area contributed by atoms with E-state index in [0.717, 1.165) is 6.42 Å². The number of nitrogens with zero attached hydrogens (tertiary/aromatic N) is 2. The van der Waals surface area contributed by atoms with E-state index in [1.807, 2.05) is 23.1 Å². The number of carbonyl (C=O) groups excluding carboxylic acids is 3. The van der Waals surface area contributed by atoms with Gasteiger partial charge in [-0.25, -0.2) is 0 Å². The summed E-state index contributed by atoms with van der Waals surface area (Å²) >= 11 is 5.84. The van der Waals surface area contributed by atoms with Crippen LogP contribution >= 0.6 is 11.6 Å². The third-order valence-electron chi connectivity index (χ3n) is 6.01. The van der Waals surface area contributed by atoms with Crippen LogP contribution in [0.3, 0.4) is 0 Å². The zero-order valence-electron chi connectivity index (χ0n) is 16.8. The van der Waals surface area contributed by atoms with Crippen molar-refractivity contribution in [1.82, 2.24) is 9.80 Å². The van der Waals surface area contributed by atoms with Crippen molar-refractivity contribution in [2.24, 2.45) is 5.92 Å². The zero-order chi connectivity index (χ0) is 21.1. The van der Waals surface area contributed by atoms with Crippen LogP contribution in [0.15, 0.2) is 54.6 Å². The number of hydrogen-bond donors (Lipinski definition) is 0. The van der Waals surface area contributed by atoms with Gasteiger partial charge in [0.05, 0.1) is 0 Å². The number of ketones is 1. The molecule has 6 heteroatoms. The Bertz CT molecular complexity index is 921. The molecule has 1 saturated heterocycles. The van der Waals surface area contributed by atoms with Gasteiger partial charge in [-0.3, -0.25) is 14.4 Å². The molecule has 1 saturated carbocycles. The molecule has 0 spiro atoms. The fraction of sp³-hybridized carbons (Fsp3) is 0.375. The molecule has 1 heterocycles. The largest absolute Gasteiger partial charge is 0.339 e. The Balaban J connectivity index is 1.21. The van der Waals surface area contributed by atoms with E-state index in [1.165, 1.54) is 5.56 Å². The number of Topliss-reactive ketones (excluding diaryl/α,β-unsaturated/α-hetero) is 1. The molecule has 2 atom stereocenters. The first-order valence-electron chi connectivity index (χ1n) is 10.4. The third-order valence-corrected chi connectivity index (χ3v) is 6.26. The Hall–Kier alpha value is -2.66. The molecule has 2 aliphatic rings. The molecule has 2 aromatic carbocycles. The maximum Gasteiger partial charge on any atom is 0.226 e. The van der Waals surface area contributed by atoms with Crippen LogP contribution in [0.5, 0.6) is 0 Å². The fourth-order valence-corrected chi connectivity index (χ4v) is 4.23. The number of piperazine rings is 1. The Morgan fingerprint density at radius 3 is 2.13 bits per heavy atom. The van der Waals surface area contributed by atoms with E-state index in [2.05, 4.69) is 12.1 Å². The molecule has 5 nitrogen and oxygen atoms in total. The predicted molar refractivity (Wildman–Crippen MR) is 115 cm³/mol. The average Bonchev–Trinajstić information content (AvgIpc) is 3.59. The Morgan fingerprint density at radius 1 is 0.833 bits per heavy atom. The van der Waals surface area contributed by atoms with Crippen molar-refractivity contribution in [2.45, 2.75) is 25.2 Å². The summed E-state index contributed by atoms with van der Waals surface area (Å²) in [7, 11) is 0. The van der Waals surface area contributed by atoms with Gasteiger partial charge in [0.25, 0.3) is 0 Å². The van der Waals surface area contributed by atoms with Crippen LogP contribution in [0.1, 0.15) is 41.1 Å². The molecule has 2 amide bonds. The number of benzene rings is 2. The van der Waals surface area contributed by atoms with Gasteiger partial charge in [-0.2, -0.15) is 0 Å². The first kappa shape index (κ1) is 20.6. The van der Waals surface area contributed by atoms with Crippen molar-refractivity contribution in [3.63, 3.8) is 0 Å². The van der Waals surface area contributed by atoms with E-state index in [1.54, 1.807) is 29.2 Å². The van der Waals surface area contributed by atoms with E-state index in [9.17, 15) is 14.4 Å². The maximum absolute atomic E-state index is 12.8. The van der Waals surface area contributed by atoms with Crippen molar-refractivity contribution >= 4 is 29.2 Å². The molecule has 156 valence electrons. The van der Waals surface area contributed by atoms with Gasteiger partial charge in [-0.1, -0.05) is 41.9 Å². The Kier molecular flexibility index (Phi) is 6.18. The number of carbonyl (C=O) groups is 3.